The van der Waals surface area contributed by atoms with E-state index in [1.807, 2.05) is 27.7 Å². The van der Waals surface area contributed by atoms with Gasteiger partial charge in [0.2, 0.25) is 10.0 Å². The van der Waals surface area contributed by atoms with Crippen molar-refractivity contribution in [3.8, 4) is 5.75 Å². The fraction of sp³-hybridized carbons (Fsp3) is 0.619. The van der Waals surface area contributed by atoms with Crippen molar-refractivity contribution in [1.82, 2.24) is 9.62 Å². The largest absolute Gasteiger partial charge is 0.494 e. The normalized spacial score (nSPS) is 17.2. The summed E-state index contributed by atoms with van der Waals surface area (Å²) in [6.45, 7) is 9.88. The SMILES string of the molecule is CCOc1ccc(S(=O)(=O)N2CCC(C(=O)OC(C)C(=O)NC(C)(C)C)CC2)cc1. The van der Waals surface area contributed by atoms with Gasteiger partial charge in [-0.1, -0.05) is 0 Å². The van der Waals surface area contributed by atoms with Gasteiger partial charge in [0.1, 0.15) is 5.75 Å². The first-order chi connectivity index (χ1) is 13.9. The van der Waals surface area contributed by atoms with Crippen LogP contribution in [0, 0.1) is 5.92 Å². The van der Waals surface area contributed by atoms with Crippen molar-refractivity contribution < 1.29 is 27.5 Å². The van der Waals surface area contributed by atoms with E-state index < -0.39 is 33.6 Å². The number of ether oxygens (including phenoxy) is 2. The first kappa shape index (κ1) is 24.1. The molecular formula is C21H32N2O6S. The van der Waals surface area contributed by atoms with Gasteiger partial charge in [-0.25, -0.2) is 8.42 Å². The zero-order valence-electron chi connectivity index (χ0n) is 18.3. The van der Waals surface area contributed by atoms with E-state index in [0.717, 1.165) is 0 Å². The monoisotopic (exact) mass is 440 g/mol. The Kier molecular flexibility index (Phi) is 7.87. The van der Waals surface area contributed by atoms with Crippen molar-refractivity contribution >= 4 is 21.9 Å². The van der Waals surface area contributed by atoms with E-state index in [-0.39, 0.29) is 23.9 Å². The molecule has 1 aromatic carbocycles. The summed E-state index contributed by atoms with van der Waals surface area (Å²) in [5.74, 6) is -0.639. The van der Waals surface area contributed by atoms with Gasteiger partial charge in [0.25, 0.3) is 5.91 Å². The van der Waals surface area contributed by atoms with E-state index >= 15 is 0 Å². The standard InChI is InChI=1S/C21H32N2O6S/c1-6-28-17-7-9-18(10-8-17)30(26,27)23-13-11-16(12-14-23)20(25)29-15(2)19(24)22-21(3,4)5/h7-10,15-16H,6,11-14H2,1-5H3,(H,22,24). The Morgan fingerprint density at radius 3 is 2.23 bits per heavy atom. The Labute approximate surface area is 179 Å². The number of hydrogen-bond donors (Lipinski definition) is 1. The summed E-state index contributed by atoms with van der Waals surface area (Å²) in [7, 11) is -3.64. The molecular weight excluding hydrogens is 408 g/mol. The van der Waals surface area contributed by atoms with E-state index in [1.54, 1.807) is 12.1 Å². The Bertz CT molecular complexity index is 837. The lowest BCUT2D eigenvalue weighted by Crippen LogP contribution is -2.47. The number of piperidine rings is 1. The smallest absolute Gasteiger partial charge is 0.309 e. The summed E-state index contributed by atoms with van der Waals surface area (Å²) in [5, 5.41) is 2.77. The van der Waals surface area contributed by atoms with Gasteiger partial charge in [0, 0.05) is 18.6 Å². The zero-order chi connectivity index (χ0) is 22.5. The molecule has 1 fully saturated rings. The fourth-order valence-electron chi connectivity index (χ4n) is 3.15. The number of amides is 1. The third-order valence-corrected chi connectivity index (χ3v) is 6.63. The van der Waals surface area contributed by atoms with Gasteiger partial charge in [0.15, 0.2) is 6.10 Å². The van der Waals surface area contributed by atoms with Gasteiger partial charge >= 0.3 is 5.97 Å². The minimum atomic E-state index is -3.64. The molecule has 0 bridgehead atoms. The fourth-order valence-corrected chi connectivity index (χ4v) is 4.62. The van der Waals surface area contributed by atoms with Crippen molar-refractivity contribution in [2.24, 2.45) is 5.92 Å². The molecule has 1 aromatic rings. The number of sulfonamides is 1. The summed E-state index contributed by atoms with van der Waals surface area (Å²) in [4.78, 5) is 24.7. The quantitative estimate of drug-likeness (QED) is 0.653. The number of esters is 1. The van der Waals surface area contributed by atoms with Crippen molar-refractivity contribution in [2.75, 3.05) is 19.7 Å². The predicted octanol–water partition coefficient (Wildman–Crippen LogP) is 2.33. The molecule has 168 valence electrons. The summed E-state index contributed by atoms with van der Waals surface area (Å²) < 4.78 is 37.7. The molecule has 1 aliphatic rings. The van der Waals surface area contributed by atoms with E-state index in [9.17, 15) is 18.0 Å². The number of rotatable bonds is 7. The second kappa shape index (κ2) is 9.78. The molecule has 1 amide bonds. The highest BCUT2D eigenvalue weighted by Crippen LogP contribution is 2.26. The summed E-state index contributed by atoms with van der Waals surface area (Å²) >= 11 is 0. The van der Waals surface area contributed by atoms with Crippen LogP contribution in [0.15, 0.2) is 29.2 Å². The third-order valence-electron chi connectivity index (χ3n) is 4.72. The van der Waals surface area contributed by atoms with Gasteiger partial charge in [0.05, 0.1) is 17.4 Å². The lowest BCUT2D eigenvalue weighted by atomic mass is 9.98. The Morgan fingerprint density at radius 2 is 1.73 bits per heavy atom. The van der Waals surface area contributed by atoms with Crippen LogP contribution in [0.1, 0.15) is 47.5 Å². The van der Waals surface area contributed by atoms with Crippen LogP contribution in [0.2, 0.25) is 0 Å². The van der Waals surface area contributed by atoms with Gasteiger partial charge in [-0.05, 0) is 71.7 Å². The van der Waals surface area contributed by atoms with E-state index in [2.05, 4.69) is 5.32 Å². The molecule has 1 saturated heterocycles. The maximum Gasteiger partial charge on any atom is 0.309 e. The highest BCUT2D eigenvalue weighted by atomic mass is 32.2. The molecule has 1 unspecified atom stereocenters. The highest BCUT2D eigenvalue weighted by molar-refractivity contribution is 7.89. The molecule has 1 heterocycles. The van der Waals surface area contributed by atoms with Crippen molar-refractivity contribution in [2.45, 2.75) is 64.0 Å². The Morgan fingerprint density at radius 1 is 1.17 bits per heavy atom. The number of hydrogen-bond acceptors (Lipinski definition) is 6. The lowest BCUT2D eigenvalue weighted by Gasteiger charge is -2.31. The van der Waals surface area contributed by atoms with Gasteiger partial charge in [-0.15, -0.1) is 0 Å². The number of nitrogens with one attached hydrogen (secondary N) is 1. The topological polar surface area (TPSA) is 102 Å². The molecule has 8 nitrogen and oxygen atoms in total. The van der Waals surface area contributed by atoms with Crippen LogP contribution in [-0.2, 0) is 24.3 Å². The average molecular weight is 441 g/mol. The van der Waals surface area contributed by atoms with E-state index in [0.29, 0.717) is 25.2 Å². The molecule has 0 radical (unpaired) electrons. The number of carbonyl (C=O) groups is 2. The third kappa shape index (κ3) is 6.43. The van der Waals surface area contributed by atoms with Gasteiger partial charge in [-0.3, -0.25) is 9.59 Å². The summed E-state index contributed by atoms with van der Waals surface area (Å²) in [6, 6.07) is 6.31. The van der Waals surface area contributed by atoms with E-state index in [4.69, 9.17) is 9.47 Å². The highest BCUT2D eigenvalue weighted by Gasteiger charge is 2.34. The minimum Gasteiger partial charge on any atom is -0.494 e. The second-order valence-electron chi connectivity index (χ2n) is 8.40. The maximum absolute atomic E-state index is 12.8. The number of carbonyl (C=O) groups excluding carboxylic acids is 2. The lowest BCUT2D eigenvalue weighted by molar-refractivity contribution is -0.160. The summed E-state index contributed by atoms with van der Waals surface area (Å²) in [6.07, 6.45) is -0.201. The summed E-state index contributed by atoms with van der Waals surface area (Å²) in [5.41, 5.74) is -0.418. The molecule has 0 spiro atoms. The average Bonchev–Trinajstić information content (AvgIpc) is 2.67. The Hall–Kier alpha value is -2.13. The maximum atomic E-state index is 12.8. The van der Waals surface area contributed by atoms with Crippen molar-refractivity contribution in [1.29, 1.82) is 0 Å². The number of benzene rings is 1. The molecule has 0 aliphatic carbocycles. The van der Waals surface area contributed by atoms with Gasteiger partial charge in [-0.2, -0.15) is 4.31 Å². The van der Waals surface area contributed by atoms with Crippen LogP contribution in [0.5, 0.6) is 5.75 Å². The molecule has 0 saturated carbocycles. The zero-order valence-corrected chi connectivity index (χ0v) is 19.1. The first-order valence-electron chi connectivity index (χ1n) is 10.2. The van der Waals surface area contributed by atoms with Gasteiger partial charge < -0.3 is 14.8 Å². The van der Waals surface area contributed by atoms with E-state index in [1.165, 1.54) is 23.4 Å². The van der Waals surface area contributed by atoms with Crippen LogP contribution < -0.4 is 10.1 Å². The molecule has 1 aliphatic heterocycles. The van der Waals surface area contributed by atoms with Crippen LogP contribution >= 0.6 is 0 Å². The molecule has 1 atom stereocenters. The molecule has 1 N–H and O–H groups in total. The minimum absolute atomic E-state index is 0.194. The molecule has 0 aromatic heterocycles. The number of nitrogens with zero attached hydrogens (tertiary/aromatic N) is 1. The Balaban J connectivity index is 1.91. The van der Waals surface area contributed by atoms with Crippen molar-refractivity contribution in [3.63, 3.8) is 0 Å². The molecule has 30 heavy (non-hydrogen) atoms. The van der Waals surface area contributed by atoms with Crippen LogP contribution in [0.3, 0.4) is 0 Å². The molecule has 9 heteroatoms. The molecule has 2 rings (SSSR count). The van der Waals surface area contributed by atoms with Crippen LogP contribution in [0.4, 0.5) is 0 Å². The van der Waals surface area contributed by atoms with Crippen LogP contribution in [-0.4, -0.2) is 55.9 Å². The van der Waals surface area contributed by atoms with Crippen LogP contribution in [0.25, 0.3) is 0 Å². The first-order valence-corrected chi connectivity index (χ1v) is 11.6. The second-order valence-corrected chi connectivity index (χ2v) is 10.3. The van der Waals surface area contributed by atoms with Crippen molar-refractivity contribution in [3.05, 3.63) is 24.3 Å². The predicted molar refractivity (Wildman–Crippen MR) is 113 cm³/mol.